The highest BCUT2D eigenvalue weighted by molar-refractivity contribution is 7.89. The van der Waals surface area contributed by atoms with Crippen LogP contribution in [-0.4, -0.2) is 55.1 Å². The molecule has 1 heterocycles. The number of sulfonamides is 1. The summed E-state index contributed by atoms with van der Waals surface area (Å²) in [5, 5.41) is 3.52. The Hall–Kier alpha value is -2.42. The van der Waals surface area contributed by atoms with E-state index >= 15 is 0 Å². The fourth-order valence-corrected chi connectivity index (χ4v) is 5.77. The number of amides is 2. The summed E-state index contributed by atoms with van der Waals surface area (Å²) in [6.45, 7) is 7.72. The Morgan fingerprint density at radius 2 is 1.56 bits per heavy atom. The lowest BCUT2D eigenvalue weighted by Crippen LogP contribution is -2.48. The number of carbonyl (C=O) groups excluding carboxylic acids is 2. The Bertz CT molecular complexity index is 1130. The lowest BCUT2D eigenvalue weighted by molar-refractivity contribution is -0.140. The highest BCUT2D eigenvalue weighted by atomic mass is 35.5. The summed E-state index contributed by atoms with van der Waals surface area (Å²) in [5.41, 5.74) is 1.75. The van der Waals surface area contributed by atoms with Crippen LogP contribution in [0.4, 0.5) is 0 Å². The van der Waals surface area contributed by atoms with E-state index in [1.54, 1.807) is 48.2 Å². The molecule has 7 nitrogen and oxygen atoms in total. The first-order valence-corrected chi connectivity index (χ1v) is 14.3. The van der Waals surface area contributed by atoms with Crippen molar-refractivity contribution in [3.05, 3.63) is 64.7 Å². The van der Waals surface area contributed by atoms with Gasteiger partial charge in [-0.05, 0) is 67.5 Å². The molecule has 1 fully saturated rings. The van der Waals surface area contributed by atoms with Crippen molar-refractivity contribution in [3.63, 3.8) is 0 Å². The molecular weight excluding hydrogens is 498 g/mol. The zero-order valence-corrected chi connectivity index (χ0v) is 22.8. The van der Waals surface area contributed by atoms with Crippen LogP contribution in [0.1, 0.15) is 51.2 Å². The molecule has 3 rings (SSSR count). The van der Waals surface area contributed by atoms with Crippen LogP contribution in [0.5, 0.6) is 0 Å². The molecule has 1 aliphatic heterocycles. The van der Waals surface area contributed by atoms with Crippen molar-refractivity contribution in [2.75, 3.05) is 19.6 Å². The summed E-state index contributed by atoms with van der Waals surface area (Å²) in [5.74, 6) is -0.0350. The average Bonchev–Trinajstić information content (AvgIpc) is 3.41. The van der Waals surface area contributed by atoms with Gasteiger partial charge in [-0.2, -0.15) is 4.31 Å². The van der Waals surface area contributed by atoms with Gasteiger partial charge in [-0.25, -0.2) is 8.42 Å². The molecule has 0 aliphatic carbocycles. The molecule has 36 heavy (non-hydrogen) atoms. The van der Waals surface area contributed by atoms with Gasteiger partial charge in [0.05, 0.1) is 4.90 Å². The topological polar surface area (TPSA) is 86.8 Å². The number of hydrogen-bond acceptors (Lipinski definition) is 4. The lowest BCUT2D eigenvalue weighted by atomic mass is 10.1. The highest BCUT2D eigenvalue weighted by Crippen LogP contribution is 2.22. The van der Waals surface area contributed by atoms with Gasteiger partial charge in [0.2, 0.25) is 21.8 Å². The summed E-state index contributed by atoms with van der Waals surface area (Å²) >= 11 is 6.00. The second-order valence-corrected chi connectivity index (χ2v) is 12.1. The summed E-state index contributed by atoms with van der Waals surface area (Å²) in [6.07, 6.45) is 2.42. The first kappa shape index (κ1) is 28.2. The molecule has 2 aromatic carbocycles. The number of benzene rings is 2. The SMILES string of the molecule is CC(C)CNC(=O)[C@H](C)N(Cc1ccc(Cl)cc1)C(=O)CCc1ccc(S(=O)(=O)N2CCCC2)cc1. The van der Waals surface area contributed by atoms with Crippen molar-refractivity contribution in [2.24, 2.45) is 5.92 Å². The summed E-state index contributed by atoms with van der Waals surface area (Å²) in [6, 6.07) is 13.3. The standard InChI is InChI=1S/C27H36ClN3O4S/c1-20(2)18-29-27(33)21(3)31(19-23-6-11-24(28)12-7-23)26(32)15-10-22-8-13-25(14-9-22)36(34,35)30-16-4-5-17-30/h6-9,11-14,20-21H,4-5,10,15-19H2,1-3H3,(H,29,33)/t21-/m0/s1. The van der Waals surface area contributed by atoms with Crippen molar-refractivity contribution in [1.82, 2.24) is 14.5 Å². The minimum atomic E-state index is -3.47. The van der Waals surface area contributed by atoms with Crippen LogP contribution in [0.2, 0.25) is 5.02 Å². The van der Waals surface area contributed by atoms with E-state index in [1.165, 1.54) is 4.31 Å². The molecule has 2 aromatic rings. The predicted octanol–water partition coefficient (Wildman–Crippen LogP) is 4.25. The average molecular weight is 534 g/mol. The van der Waals surface area contributed by atoms with E-state index < -0.39 is 16.1 Å². The second kappa shape index (κ2) is 12.7. The Balaban J connectivity index is 1.68. The second-order valence-electron chi connectivity index (χ2n) is 9.72. The minimum absolute atomic E-state index is 0.147. The van der Waals surface area contributed by atoms with E-state index in [0.717, 1.165) is 24.0 Å². The van der Waals surface area contributed by atoms with E-state index in [4.69, 9.17) is 11.6 Å². The minimum Gasteiger partial charge on any atom is -0.354 e. The summed E-state index contributed by atoms with van der Waals surface area (Å²) in [7, 11) is -3.47. The van der Waals surface area contributed by atoms with Gasteiger partial charge in [0, 0.05) is 37.6 Å². The maximum atomic E-state index is 13.3. The van der Waals surface area contributed by atoms with Crippen LogP contribution in [0.3, 0.4) is 0 Å². The molecule has 0 unspecified atom stereocenters. The van der Waals surface area contributed by atoms with Crippen molar-refractivity contribution in [1.29, 1.82) is 0 Å². The van der Waals surface area contributed by atoms with Gasteiger partial charge < -0.3 is 10.2 Å². The van der Waals surface area contributed by atoms with Gasteiger partial charge >= 0.3 is 0 Å². The molecule has 0 saturated carbocycles. The lowest BCUT2D eigenvalue weighted by Gasteiger charge is -2.29. The largest absolute Gasteiger partial charge is 0.354 e. The quantitative estimate of drug-likeness (QED) is 0.468. The smallest absolute Gasteiger partial charge is 0.243 e. The van der Waals surface area contributed by atoms with Gasteiger partial charge in [0.15, 0.2) is 0 Å². The van der Waals surface area contributed by atoms with Gasteiger partial charge in [-0.3, -0.25) is 9.59 Å². The molecule has 1 N–H and O–H groups in total. The molecule has 196 valence electrons. The van der Waals surface area contributed by atoms with Crippen LogP contribution < -0.4 is 5.32 Å². The molecule has 9 heteroatoms. The van der Waals surface area contributed by atoms with Crippen LogP contribution >= 0.6 is 11.6 Å². The third-order valence-corrected chi connectivity index (χ3v) is 8.54. The Labute approximate surface area is 219 Å². The molecule has 1 atom stereocenters. The number of halogens is 1. The normalized spacial score (nSPS) is 15.1. The Morgan fingerprint density at radius 1 is 0.972 bits per heavy atom. The number of nitrogens with zero attached hydrogens (tertiary/aromatic N) is 2. The van der Waals surface area contributed by atoms with Crippen LogP contribution in [-0.2, 0) is 32.6 Å². The van der Waals surface area contributed by atoms with Gasteiger partial charge in [0.25, 0.3) is 0 Å². The van der Waals surface area contributed by atoms with Crippen molar-refractivity contribution in [2.45, 2.75) is 63.9 Å². The van der Waals surface area contributed by atoms with E-state index in [9.17, 15) is 18.0 Å². The molecule has 0 aromatic heterocycles. The number of carbonyl (C=O) groups is 2. The van der Waals surface area contributed by atoms with E-state index in [0.29, 0.717) is 43.5 Å². The summed E-state index contributed by atoms with van der Waals surface area (Å²) < 4.78 is 27.0. The third-order valence-electron chi connectivity index (χ3n) is 6.37. The molecule has 0 spiro atoms. The number of nitrogens with one attached hydrogen (secondary N) is 1. The number of hydrogen-bond donors (Lipinski definition) is 1. The van der Waals surface area contributed by atoms with Gasteiger partial charge in [-0.15, -0.1) is 0 Å². The zero-order valence-electron chi connectivity index (χ0n) is 21.2. The van der Waals surface area contributed by atoms with E-state index in [1.807, 2.05) is 26.0 Å². The Kier molecular flexibility index (Phi) is 9.93. The van der Waals surface area contributed by atoms with Crippen LogP contribution in [0.15, 0.2) is 53.4 Å². The Morgan fingerprint density at radius 3 is 2.14 bits per heavy atom. The molecule has 0 bridgehead atoms. The highest BCUT2D eigenvalue weighted by Gasteiger charge is 2.28. The van der Waals surface area contributed by atoms with Crippen LogP contribution in [0, 0.1) is 5.92 Å². The van der Waals surface area contributed by atoms with Gasteiger partial charge in [0.1, 0.15) is 6.04 Å². The van der Waals surface area contributed by atoms with Crippen molar-refractivity contribution in [3.8, 4) is 0 Å². The van der Waals surface area contributed by atoms with Gasteiger partial charge in [-0.1, -0.05) is 49.7 Å². The molecular formula is C27H36ClN3O4S. The number of aryl methyl sites for hydroxylation is 1. The zero-order chi connectivity index (χ0) is 26.3. The number of rotatable bonds is 11. The fourth-order valence-electron chi connectivity index (χ4n) is 4.12. The monoisotopic (exact) mass is 533 g/mol. The van der Waals surface area contributed by atoms with E-state index in [2.05, 4.69) is 5.32 Å². The van der Waals surface area contributed by atoms with Crippen molar-refractivity contribution < 1.29 is 18.0 Å². The fraction of sp³-hybridized carbons (Fsp3) is 0.481. The van der Waals surface area contributed by atoms with Crippen molar-refractivity contribution >= 4 is 33.4 Å². The molecule has 2 amide bonds. The predicted molar refractivity (Wildman–Crippen MR) is 142 cm³/mol. The maximum absolute atomic E-state index is 13.3. The first-order chi connectivity index (χ1) is 17.1. The molecule has 1 aliphatic rings. The third kappa shape index (κ3) is 7.54. The summed E-state index contributed by atoms with van der Waals surface area (Å²) in [4.78, 5) is 27.9. The molecule has 0 radical (unpaired) electrons. The first-order valence-electron chi connectivity index (χ1n) is 12.5. The van der Waals surface area contributed by atoms with Crippen LogP contribution in [0.25, 0.3) is 0 Å². The molecule has 1 saturated heterocycles. The van der Waals surface area contributed by atoms with E-state index in [-0.39, 0.29) is 23.1 Å². The maximum Gasteiger partial charge on any atom is 0.243 e.